The van der Waals surface area contributed by atoms with E-state index in [1.807, 2.05) is 18.2 Å². The van der Waals surface area contributed by atoms with Gasteiger partial charge in [0.05, 0.1) is 63.4 Å². The van der Waals surface area contributed by atoms with Crippen molar-refractivity contribution in [1.82, 2.24) is 49.7 Å². The van der Waals surface area contributed by atoms with E-state index in [1.165, 1.54) is 12.7 Å². The number of hydrogen-bond acceptors (Lipinski definition) is 22. The van der Waals surface area contributed by atoms with Gasteiger partial charge >= 0.3 is 0 Å². The predicted octanol–water partition coefficient (Wildman–Crippen LogP) is 6.02. The molecule has 0 unspecified atom stereocenters. The fourth-order valence-electron chi connectivity index (χ4n) is 8.47. The normalized spacial score (nSPS) is 16.5. The van der Waals surface area contributed by atoms with Crippen molar-refractivity contribution in [3.8, 4) is 58.2 Å². The number of halogens is 1. The second-order valence-electron chi connectivity index (χ2n) is 17.9. The first-order chi connectivity index (χ1) is 36.6. The average molecular weight is 1090 g/mol. The summed E-state index contributed by atoms with van der Waals surface area (Å²) in [6.45, 7) is 10.7. The zero-order valence-electron chi connectivity index (χ0n) is 42.6. The molecule has 6 aromatic heterocycles. The highest BCUT2D eigenvalue weighted by Gasteiger charge is 2.23. The van der Waals surface area contributed by atoms with Crippen LogP contribution in [-0.2, 0) is 9.47 Å². The molecule has 4 fully saturated rings. The fraction of sp³-hybridized carbons (Fsp3) is 0.423. The summed E-state index contributed by atoms with van der Waals surface area (Å²) in [5.74, 6) is 3.72. The second kappa shape index (κ2) is 26.6. The van der Waals surface area contributed by atoms with Crippen molar-refractivity contribution in [2.75, 3.05) is 128 Å². The van der Waals surface area contributed by atoms with Crippen LogP contribution in [0.1, 0.15) is 37.1 Å². The Hall–Kier alpha value is -7.54. The van der Waals surface area contributed by atoms with Gasteiger partial charge in [0, 0.05) is 90.2 Å². The van der Waals surface area contributed by atoms with Crippen LogP contribution in [0, 0.1) is 22.7 Å². The number of nitrogens with zero attached hydrogens (tertiary/aromatic N) is 14. The number of pyridine rings is 4. The Morgan fingerprint density at radius 2 is 1.05 bits per heavy atom. The highest BCUT2D eigenvalue weighted by atomic mass is 79.9. The van der Waals surface area contributed by atoms with E-state index in [1.54, 1.807) is 50.6 Å². The van der Waals surface area contributed by atoms with E-state index in [0.717, 1.165) is 94.0 Å². The third-order valence-corrected chi connectivity index (χ3v) is 13.2. The summed E-state index contributed by atoms with van der Waals surface area (Å²) in [4.78, 5) is 43.6. The monoisotopic (exact) mass is 1080 g/mol. The Kier molecular flexibility index (Phi) is 19.1. The van der Waals surface area contributed by atoms with Gasteiger partial charge in [-0.15, -0.1) is 0 Å². The number of nitriles is 2. The molecule has 6 aromatic rings. The number of methoxy groups -OCH3 is 2. The number of piperazine rings is 2. The maximum atomic E-state index is 9.66. The Morgan fingerprint density at radius 3 is 1.55 bits per heavy atom. The van der Waals surface area contributed by atoms with Gasteiger partial charge < -0.3 is 59.1 Å². The zero-order valence-corrected chi connectivity index (χ0v) is 44.1. The molecule has 4 aliphatic rings. The maximum absolute atomic E-state index is 9.66. The molecule has 0 radical (unpaired) electrons. The smallest absolute Gasteiger partial charge is 0.239 e. The van der Waals surface area contributed by atoms with Crippen LogP contribution in [0.5, 0.6) is 23.3 Å². The van der Waals surface area contributed by atoms with Crippen molar-refractivity contribution in [3.63, 3.8) is 0 Å². The first kappa shape index (κ1) is 53.7. The molecule has 0 atom stereocenters. The molecular formula is C52H61BrN16O6. The number of rotatable bonds is 12. The maximum Gasteiger partial charge on any atom is 0.239 e. The molecule has 10 rings (SSSR count). The molecule has 23 heteroatoms. The Bertz CT molecular complexity index is 2920. The highest BCUT2D eigenvalue weighted by molar-refractivity contribution is 9.10. The van der Waals surface area contributed by atoms with E-state index in [9.17, 15) is 10.5 Å². The number of nitrogens with one attached hydrogen (secondary N) is 1. The van der Waals surface area contributed by atoms with Crippen LogP contribution in [-0.4, -0.2) is 169 Å². The summed E-state index contributed by atoms with van der Waals surface area (Å²) in [7, 11) is 7.56. The Balaban J connectivity index is 0.000000166. The Morgan fingerprint density at radius 1 is 0.573 bits per heavy atom. The molecule has 0 aliphatic carbocycles. The summed E-state index contributed by atoms with van der Waals surface area (Å²) < 4.78 is 34.3. The van der Waals surface area contributed by atoms with E-state index in [4.69, 9.17) is 34.2 Å². The quantitative estimate of drug-likeness (QED) is 0.133. The first-order valence-corrected chi connectivity index (χ1v) is 25.5. The first-order valence-electron chi connectivity index (χ1n) is 24.7. The summed E-state index contributed by atoms with van der Waals surface area (Å²) in [6.07, 6.45) is 6.12. The number of aromatic nitrogens is 8. The lowest BCUT2D eigenvalue weighted by molar-refractivity contribution is 0.0251. The van der Waals surface area contributed by atoms with Crippen molar-refractivity contribution in [1.29, 1.82) is 10.5 Å². The molecule has 0 aromatic carbocycles. The lowest BCUT2D eigenvalue weighted by Crippen LogP contribution is -2.44. The molecule has 0 spiro atoms. The average Bonchev–Trinajstić information content (AvgIpc) is 3.45. The van der Waals surface area contributed by atoms with Gasteiger partial charge in [0.2, 0.25) is 11.8 Å². The van der Waals surface area contributed by atoms with Crippen molar-refractivity contribution < 1.29 is 28.4 Å². The predicted molar refractivity (Wildman–Crippen MR) is 285 cm³/mol. The molecular weight excluding hydrogens is 1020 g/mol. The van der Waals surface area contributed by atoms with Gasteiger partial charge in [0.25, 0.3) is 0 Å². The van der Waals surface area contributed by atoms with Gasteiger partial charge in [0.1, 0.15) is 70.4 Å². The Labute approximate surface area is 444 Å². The third-order valence-electron chi connectivity index (χ3n) is 12.7. The molecule has 0 bridgehead atoms. The van der Waals surface area contributed by atoms with Gasteiger partial charge in [-0.3, -0.25) is 0 Å². The second-order valence-corrected chi connectivity index (χ2v) is 18.7. The lowest BCUT2D eigenvalue weighted by atomic mass is 10.1. The van der Waals surface area contributed by atoms with Crippen LogP contribution in [0.2, 0.25) is 0 Å². The lowest BCUT2D eigenvalue weighted by Gasteiger charge is -2.34. The van der Waals surface area contributed by atoms with Gasteiger partial charge in [-0.05, 0) is 78.6 Å². The van der Waals surface area contributed by atoms with Gasteiger partial charge in [-0.1, -0.05) is 0 Å². The van der Waals surface area contributed by atoms with Gasteiger partial charge in [0.15, 0.2) is 22.9 Å². The molecule has 10 heterocycles. The van der Waals surface area contributed by atoms with Crippen LogP contribution in [0.4, 0.5) is 28.8 Å². The van der Waals surface area contributed by atoms with E-state index in [-0.39, 0.29) is 23.6 Å². The molecule has 75 heavy (non-hydrogen) atoms. The summed E-state index contributed by atoms with van der Waals surface area (Å²) in [5.41, 5.74) is 10.4. The number of likely N-dealkylation sites (N-methyl/N-ethyl adjacent to an activating group) is 2. The minimum atomic E-state index is 0.0236. The highest BCUT2D eigenvalue weighted by Crippen LogP contribution is 2.32. The van der Waals surface area contributed by atoms with Crippen molar-refractivity contribution in [2.45, 2.75) is 37.9 Å². The largest absolute Gasteiger partial charge is 0.487 e. The molecule has 4 aliphatic heterocycles. The minimum absolute atomic E-state index is 0.0236. The number of nitrogen functional groups attached to an aromatic ring is 1. The van der Waals surface area contributed by atoms with Crippen molar-refractivity contribution >= 4 is 44.8 Å². The number of hydrogen-bond donors (Lipinski definition) is 2. The molecule has 0 saturated carbocycles. The summed E-state index contributed by atoms with van der Waals surface area (Å²) >= 11 is 3.35. The molecule has 0 amide bonds. The zero-order chi connectivity index (χ0) is 52.5. The van der Waals surface area contributed by atoms with Gasteiger partial charge in [-0.2, -0.15) is 15.5 Å². The van der Waals surface area contributed by atoms with E-state index in [0.29, 0.717) is 89.9 Å². The number of nitrogens with two attached hydrogens (primary N) is 1. The molecule has 3 N–H and O–H groups in total. The van der Waals surface area contributed by atoms with Crippen LogP contribution in [0.15, 0.2) is 77.9 Å². The van der Waals surface area contributed by atoms with Crippen LogP contribution >= 0.6 is 15.9 Å². The molecule has 22 nitrogen and oxygen atoms in total. The third kappa shape index (κ3) is 14.8. The summed E-state index contributed by atoms with van der Waals surface area (Å²) in [5, 5.41) is 22.2. The van der Waals surface area contributed by atoms with E-state index in [2.05, 4.69) is 113 Å². The topological polar surface area (TPSA) is 257 Å². The van der Waals surface area contributed by atoms with E-state index < -0.39 is 0 Å². The minimum Gasteiger partial charge on any atom is -0.487 e. The number of ether oxygens (including phenoxy) is 6. The standard InChI is InChI=1S/C26H30N8O3.C15H15N5O2.C11H16BrN3O/c1-33-9-11-34(12-10-33)22-4-6-24(32-26(22)35-2)31-25-15-20(28-17-29-25)19-3-5-23(21(16-27)30-19)37-18-7-13-36-14-8-18;16-8-13-14(22-10-3-5-21-6-4-10)2-1-11(20-13)12-7-15(17)19-9-18-12;1-14-5-7-15(8-6-14)9-3-4-10(12)13-11(9)16-2/h3-6,15,17-18H,7-14H2,1-2H3,(H,28,29,31,32);1-2,7,9-10H,3-6H2,(H2,17,18,19);3-4H,5-8H2,1-2H3. The van der Waals surface area contributed by atoms with Crippen LogP contribution in [0.25, 0.3) is 22.8 Å². The fourth-order valence-corrected chi connectivity index (χ4v) is 8.77. The SMILES string of the molecule is COc1nc(Br)ccc1N1CCN(C)CC1.COc1nc(Nc2cc(-c3ccc(OC4CCOCC4)c(C#N)n3)ncn2)ccc1N1CCN(C)CC1.N#Cc1nc(-c2cc(N)ncn2)ccc1OC1CCOCC1. The van der Waals surface area contributed by atoms with Gasteiger partial charge in [-0.25, -0.2) is 34.9 Å². The number of anilines is 5. The van der Waals surface area contributed by atoms with Crippen LogP contribution in [0.3, 0.4) is 0 Å². The van der Waals surface area contributed by atoms with Crippen molar-refractivity contribution in [3.05, 3.63) is 89.3 Å². The van der Waals surface area contributed by atoms with Crippen LogP contribution < -0.4 is 39.8 Å². The van der Waals surface area contributed by atoms with Crippen molar-refractivity contribution in [2.24, 2.45) is 0 Å². The van der Waals surface area contributed by atoms with E-state index >= 15 is 0 Å². The molecule has 392 valence electrons. The summed E-state index contributed by atoms with van der Waals surface area (Å²) in [6, 6.07) is 22.6. The molecule has 4 saturated heterocycles.